The second-order valence-electron chi connectivity index (χ2n) is 6.30. The summed E-state index contributed by atoms with van der Waals surface area (Å²) in [5.74, 6) is 0.644. The van der Waals surface area contributed by atoms with Crippen LogP contribution in [0.15, 0.2) is 47.4 Å². The van der Waals surface area contributed by atoms with E-state index in [1.807, 2.05) is 13.8 Å². The van der Waals surface area contributed by atoms with Gasteiger partial charge >= 0.3 is 0 Å². The molecule has 0 spiro atoms. The average molecular weight is 374 g/mol. The number of nitrogens with zero attached hydrogens (tertiary/aromatic N) is 1. The number of sulfonamides is 1. The number of hydrogen-bond acceptors (Lipinski definition) is 4. The van der Waals surface area contributed by atoms with Crippen molar-refractivity contribution in [1.29, 1.82) is 0 Å². The van der Waals surface area contributed by atoms with Crippen molar-refractivity contribution < 1.29 is 17.9 Å². The Bertz CT molecular complexity index is 923. The smallest absolute Gasteiger partial charge is 0.261 e. The fourth-order valence-corrected chi connectivity index (χ4v) is 4.36. The summed E-state index contributed by atoms with van der Waals surface area (Å²) in [5.41, 5.74) is 2.11. The molecule has 0 bridgehead atoms. The minimum Gasteiger partial charge on any atom is -0.494 e. The Balaban J connectivity index is 1.84. The number of rotatable bonds is 5. The molecular weight excluding hydrogens is 352 g/mol. The first-order valence-electron chi connectivity index (χ1n) is 8.50. The van der Waals surface area contributed by atoms with Crippen LogP contribution in [0.3, 0.4) is 0 Å². The highest BCUT2D eigenvalue weighted by atomic mass is 32.2. The van der Waals surface area contributed by atoms with Gasteiger partial charge < -0.3 is 9.64 Å². The van der Waals surface area contributed by atoms with Crippen molar-refractivity contribution in [3.8, 4) is 5.75 Å². The lowest BCUT2D eigenvalue weighted by molar-refractivity contribution is -0.116. The number of carbonyl (C=O) groups excluding carboxylic acids is 1. The second kappa shape index (κ2) is 6.99. The van der Waals surface area contributed by atoms with E-state index in [0.29, 0.717) is 24.5 Å². The van der Waals surface area contributed by atoms with Gasteiger partial charge in [-0.15, -0.1) is 0 Å². The quantitative estimate of drug-likeness (QED) is 0.872. The largest absolute Gasteiger partial charge is 0.494 e. The number of nitrogens with one attached hydrogen (secondary N) is 1. The fraction of sp³-hybridized carbons (Fsp3) is 0.316. The van der Waals surface area contributed by atoms with Crippen LogP contribution >= 0.6 is 0 Å². The predicted octanol–water partition coefficient (Wildman–Crippen LogP) is 3.18. The molecular formula is C19H22N2O4S. The van der Waals surface area contributed by atoms with Crippen LogP contribution in [0, 0.1) is 0 Å². The molecule has 1 amide bonds. The zero-order chi connectivity index (χ0) is 18.9. The van der Waals surface area contributed by atoms with Crippen molar-refractivity contribution in [3.05, 3.63) is 48.0 Å². The topological polar surface area (TPSA) is 75.7 Å². The summed E-state index contributed by atoms with van der Waals surface area (Å²) in [7, 11) is -3.71. The van der Waals surface area contributed by atoms with Gasteiger partial charge in [-0.05, 0) is 68.3 Å². The fourth-order valence-electron chi connectivity index (χ4n) is 3.25. The van der Waals surface area contributed by atoms with E-state index in [1.54, 1.807) is 41.3 Å². The number of carbonyl (C=O) groups is 1. The molecule has 0 saturated heterocycles. The van der Waals surface area contributed by atoms with Crippen molar-refractivity contribution in [2.24, 2.45) is 0 Å². The molecule has 1 N–H and O–H groups in total. The van der Waals surface area contributed by atoms with E-state index < -0.39 is 10.0 Å². The van der Waals surface area contributed by atoms with Crippen LogP contribution in [-0.4, -0.2) is 27.0 Å². The molecule has 1 aliphatic rings. The molecule has 0 unspecified atom stereocenters. The molecule has 0 saturated carbocycles. The van der Waals surface area contributed by atoms with Gasteiger partial charge in [0.25, 0.3) is 10.0 Å². The molecule has 0 radical (unpaired) electrons. The zero-order valence-corrected chi connectivity index (χ0v) is 15.8. The van der Waals surface area contributed by atoms with Crippen LogP contribution in [0.5, 0.6) is 5.75 Å². The third-order valence-corrected chi connectivity index (χ3v) is 5.71. The first-order valence-corrected chi connectivity index (χ1v) is 9.98. The van der Waals surface area contributed by atoms with E-state index in [4.69, 9.17) is 4.74 Å². The SMILES string of the molecule is CCOc1ccc(NS(=O)(=O)c2ccc3c(c2)C[C@H](C)N3C(C)=O)cc1. The third kappa shape index (κ3) is 3.53. The minimum absolute atomic E-state index is 0.0273. The Kier molecular flexibility index (Phi) is 4.91. The highest BCUT2D eigenvalue weighted by Crippen LogP contribution is 2.34. The molecule has 1 heterocycles. The molecule has 3 rings (SSSR count). The molecule has 1 aliphatic heterocycles. The standard InChI is InChI=1S/C19H22N2O4S/c1-4-25-17-7-5-16(6-8-17)20-26(23,24)18-9-10-19-15(12-18)11-13(2)21(19)14(3)22/h5-10,12-13,20H,4,11H2,1-3H3/t13-/m0/s1. The molecule has 7 heteroatoms. The summed E-state index contributed by atoms with van der Waals surface area (Å²) >= 11 is 0. The van der Waals surface area contributed by atoms with E-state index in [2.05, 4.69) is 4.72 Å². The predicted molar refractivity (Wildman–Crippen MR) is 101 cm³/mol. The number of amides is 1. The van der Waals surface area contributed by atoms with E-state index in [9.17, 15) is 13.2 Å². The van der Waals surface area contributed by atoms with E-state index in [1.165, 1.54) is 13.0 Å². The molecule has 0 fully saturated rings. The Labute approximate surface area is 153 Å². The van der Waals surface area contributed by atoms with Crippen molar-refractivity contribution in [2.45, 2.75) is 38.1 Å². The highest BCUT2D eigenvalue weighted by Gasteiger charge is 2.30. The Hall–Kier alpha value is -2.54. The number of fused-ring (bicyclic) bond motifs is 1. The molecule has 26 heavy (non-hydrogen) atoms. The summed E-state index contributed by atoms with van der Waals surface area (Å²) in [6.45, 7) is 5.91. The number of ether oxygens (including phenoxy) is 1. The summed E-state index contributed by atoms with van der Waals surface area (Å²) in [6.07, 6.45) is 0.640. The molecule has 6 nitrogen and oxygen atoms in total. The Morgan fingerprint density at radius 1 is 1.23 bits per heavy atom. The van der Waals surface area contributed by atoms with E-state index in [0.717, 1.165) is 11.3 Å². The molecule has 138 valence electrons. The molecule has 0 aliphatic carbocycles. The van der Waals surface area contributed by atoms with Gasteiger partial charge in [-0.3, -0.25) is 9.52 Å². The normalized spacial score (nSPS) is 16.3. The Morgan fingerprint density at radius 2 is 1.92 bits per heavy atom. The van der Waals surface area contributed by atoms with Crippen LogP contribution in [0.1, 0.15) is 26.3 Å². The van der Waals surface area contributed by atoms with Crippen LogP contribution < -0.4 is 14.4 Å². The first kappa shape index (κ1) is 18.3. The molecule has 0 aromatic heterocycles. The monoisotopic (exact) mass is 374 g/mol. The van der Waals surface area contributed by atoms with Crippen molar-refractivity contribution in [3.63, 3.8) is 0 Å². The lowest BCUT2D eigenvalue weighted by Gasteiger charge is -2.20. The third-order valence-electron chi connectivity index (χ3n) is 4.33. The Morgan fingerprint density at radius 3 is 2.54 bits per heavy atom. The van der Waals surface area contributed by atoms with Gasteiger partial charge in [-0.25, -0.2) is 8.42 Å². The average Bonchev–Trinajstić information content (AvgIpc) is 2.91. The number of benzene rings is 2. The second-order valence-corrected chi connectivity index (χ2v) is 7.98. The maximum absolute atomic E-state index is 12.7. The molecule has 2 aromatic rings. The van der Waals surface area contributed by atoms with Gasteiger partial charge in [0.15, 0.2) is 0 Å². The van der Waals surface area contributed by atoms with Crippen LogP contribution in [-0.2, 0) is 21.2 Å². The zero-order valence-electron chi connectivity index (χ0n) is 15.0. The van der Waals surface area contributed by atoms with Gasteiger partial charge in [0.05, 0.1) is 11.5 Å². The first-order chi connectivity index (χ1) is 12.3. The van der Waals surface area contributed by atoms with Gasteiger partial charge in [0, 0.05) is 24.3 Å². The summed E-state index contributed by atoms with van der Waals surface area (Å²) in [4.78, 5) is 13.7. The summed E-state index contributed by atoms with van der Waals surface area (Å²) in [6, 6.07) is 11.7. The maximum Gasteiger partial charge on any atom is 0.261 e. The van der Waals surface area contributed by atoms with Gasteiger partial charge in [0.1, 0.15) is 5.75 Å². The maximum atomic E-state index is 12.7. The number of hydrogen-bond donors (Lipinski definition) is 1. The van der Waals surface area contributed by atoms with Crippen molar-refractivity contribution >= 4 is 27.3 Å². The highest BCUT2D eigenvalue weighted by molar-refractivity contribution is 7.92. The number of anilines is 2. The van der Waals surface area contributed by atoms with Gasteiger partial charge in [-0.1, -0.05) is 0 Å². The summed E-state index contributed by atoms with van der Waals surface area (Å²) < 4.78 is 33.3. The van der Waals surface area contributed by atoms with Crippen LogP contribution in [0.25, 0.3) is 0 Å². The molecule has 1 atom stereocenters. The minimum atomic E-state index is -3.71. The van der Waals surface area contributed by atoms with Crippen molar-refractivity contribution in [2.75, 3.05) is 16.2 Å². The van der Waals surface area contributed by atoms with Gasteiger partial charge in [-0.2, -0.15) is 0 Å². The van der Waals surface area contributed by atoms with E-state index in [-0.39, 0.29) is 16.8 Å². The summed E-state index contributed by atoms with van der Waals surface area (Å²) in [5, 5.41) is 0. The van der Waals surface area contributed by atoms with E-state index >= 15 is 0 Å². The van der Waals surface area contributed by atoms with Crippen LogP contribution in [0.4, 0.5) is 11.4 Å². The lowest BCUT2D eigenvalue weighted by Crippen LogP contribution is -2.33. The van der Waals surface area contributed by atoms with Crippen LogP contribution in [0.2, 0.25) is 0 Å². The molecule has 2 aromatic carbocycles. The lowest BCUT2D eigenvalue weighted by atomic mass is 10.1. The van der Waals surface area contributed by atoms with Crippen molar-refractivity contribution in [1.82, 2.24) is 0 Å². The van der Waals surface area contributed by atoms with Gasteiger partial charge in [0.2, 0.25) is 5.91 Å².